The highest BCUT2D eigenvalue weighted by molar-refractivity contribution is 7.21. The van der Waals surface area contributed by atoms with Crippen molar-refractivity contribution in [3.63, 3.8) is 0 Å². The molecule has 0 bridgehead atoms. The van der Waals surface area contributed by atoms with Crippen LogP contribution in [-0.4, -0.2) is 30.8 Å². The van der Waals surface area contributed by atoms with Gasteiger partial charge in [0.25, 0.3) is 5.91 Å². The first-order chi connectivity index (χ1) is 16.5. The average Bonchev–Trinajstić information content (AvgIpc) is 3.24. The topological polar surface area (TPSA) is 136 Å². The van der Waals surface area contributed by atoms with Gasteiger partial charge in [-0.2, -0.15) is 0 Å². The fourth-order valence-corrected chi connectivity index (χ4v) is 6.51. The smallest absolute Gasteiger partial charge is 0.262 e. The molecule has 3 atom stereocenters. The van der Waals surface area contributed by atoms with Gasteiger partial charge in [-0.3, -0.25) is 9.59 Å². The van der Waals surface area contributed by atoms with Crippen LogP contribution in [0.4, 0.5) is 5.69 Å². The molecule has 0 saturated carbocycles. The molecule has 1 saturated heterocycles. The van der Waals surface area contributed by atoms with Crippen molar-refractivity contribution < 1.29 is 9.59 Å². The number of hydrogen-bond acceptors (Lipinski definition) is 7. The summed E-state index contributed by atoms with van der Waals surface area (Å²) in [5.74, 6) is -0.545. The van der Waals surface area contributed by atoms with Crippen molar-refractivity contribution in [2.24, 2.45) is 11.5 Å². The molecule has 2 heterocycles. The quantitative estimate of drug-likeness (QED) is 0.357. The van der Waals surface area contributed by atoms with Gasteiger partial charge in [0.05, 0.1) is 15.6 Å². The molecule has 1 aliphatic carbocycles. The Bertz CT molecular complexity index is 1340. The Kier molecular flexibility index (Phi) is 5.75. The van der Waals surface area contributed by atoms with Crippen LogP contribution in [0, 0.1) is 0 Å². The summed E-state index contributed by atoms with van der Waals surface area (Å²) in [5, 5.41) is 7.16. The van der Waals surface area contributed by atoms with Crippen molar-refractivity contribution in [2.45, 2.75) is 56.7 Å². The summed E-state index contributed by atoms with van der Waals surface area (Å²) in [6.07, 6.45) is 1.91. The summed E-state index contributed by atoms with van der Waals surface area (Å²) in [4.78, 5) is 27.8. The lowest BCUT2D eigenvalue weighted by Crippen LogP contribution is -2.52. The zero-order valence-electron chi connectivity index (χ0n) is 20.4. The molecule has 2 aromatic carbocycles. The van der Waals surface area contributed by atoms with Gasteiger partial charge in [0.1, 0.15) is 5.54 Å². The minimum Gasteiger partial charge on any atom is -0.398 e. The third-order valence-corrected chi connectivity index (χ3v) is 8.59. The SMILES string of the molecule is CC(C)(C)c1cccc(C2(N)C(=O)C(N)c3c(C(=O)NC4CCCNC4)sc4c(N)ccc2c34)c1. The summed E-state index contributed by atoms with van der Waals surface area (Å²) in [7, 11) is 0. The van der Waals surface area contributed by atoms with Gasteiger partial charge < -0.3 is 27.8 Å². The standard InChI is InChI=1S/C27H33N5O2S/c1-26(2,3)14-6-4-7-15(12-14)27(30)17-9-10-18(28)22-19(17)20(21(29)24(27)33)23(35-22)25(34)32-16-8-5-11-31-13-16/h4,6-7,9-10,12,16,21,31H,5,8,11,13,28-30H2,1-3H3,(H,32,34). The molecule has 0 radical (unpaired) electrons. The van der Waals surface area contributed by atoms with E-state index in [-0.39, 0.29) is 23.1 Å². The van der Waals surface area contributed by atoms with Crippen molar-refractivity contribution in [1.29, 1.82) is 0 Å². The molecule has 3 aromatic rings. The number of Topliss-reactive ketones (excluding diaryl/α,β-unsaturated/α-hetero) is 1. The maximum Gasteiger partial charge on any atom is 0.262 e. The lowest BCUT2D eigenvalue weighted by molar-refractivity contribution is -0.124. The molecule has 35 heavy (non-hydrogen) atoms. The predicted molar refractivity (Wildman–Crippen MR) is 142 cm³/mol. The van der Waals surface area contributed by atoms with Gasteiger partial charge in [0, 0.05) is 29.2 Å². The second kappa shape index (κ2) is 8.41. The fraction of sp³-hybridized carbons (Fsp3) is 0.407. The lowest BCUT2D eigenvalue weighted by atomic mass is 9.69. The highest BCUT2D eigenvalue weighted by atomic mass is 32.1. The molecule has 184 valence electrons. The fourth-order valence-electron chi connectivity index (χ4n) is 5.30. The summed E-state index contributed by atoms with van der Waals surface area (Å²) >= 11 is 1.29. The summed E-state index contributed by atoms with van der Waals surface area (Å²) in [5.41, 5.74) is 21.9. The molecule has 5 rings (SSSR count). The Balaban J connectivity index is 1.69. The molecular formula is C27H33N5O2S. The van der Waals surface area contributed by atoms with Crippen LogP contribution in [-0.2, 0) is 15.7 Å². The van der Waals surface area contributed by atoms with Crippen LogP contribution in [0.25, 0.3) is 10.1 Å². The molecule has 8 N–H and O–H groups in total. The van der Waals surface area contributed by atoms with Crippen LogP contribution in [0.15, 0.2) is 36.4 Å². The van der Waals surface area contributed by atoms with E-state index in [4.69, 9.17) is 17.2 Å². The zero-order valence-corrected chi connectivity index (χ0v) is 21.2. The van der Waals surface area contributed by atoms with Gasteiger partial charge in [-0.25, -0.2) is 0 Å². The third kappa shape index (κ3) is 3.76. The Labute approximate surface area is 209 Å². The predicted octanol–water partition coefficient (Wildman–Crippen LogP) is 3.05. The van der Waals surface area contributed by atoms with Crippen molar-refractivity contribution in [3.8, 4) is 0 Å². The van der Waals surface area contributed by atoms with Gasteiger partial charge in [0.2, 0.25) is 0 Å². The number of nitrogens with one attached hydrogen (secondary N) is 2. The van der Waals surface area contributed by atoms with Gasteiger partial charge in [0.15, 0.2) is 5.78 Å². The lowest BCUT2D eigenvalue weighted by Gasteiger charge is -2.37. The molecule has 1 aromatic heterocycles. The molecule has 7 nitrogen and oxygen atoms in total. The number of carbonyl (C=O) groups is 2. The average molecular weight is 492 g/mol. The molecule has 2 aliphatic rings. The Morgan fingerprint density at radius 3 is 2.69 bits per heavy atom. The monoisotopic (exact) mass is 491 g/mol. The normalized spacial score (nSPS) is 24.5. The molecular weight excluding hydrogens is 458 g/mol. The molecule has 1 aliphatic heterocycles. The molecule has 1 amide bonds. The maximum absolute atomic E-state index is 13.9. The summed E-state index contributed by atoms with van der Waals surface area (Å²) in [6, 6.07) is 10.4. The van der Waals surface area contributed by atoms with E-state index in [1.807, 2.05) is 30.3 Å². The van der Waals surface area contributed by atoms with Gasteiger partial charge in [-0.1, -0.05) is 51.1 Å². The number of hydrogen-bond donors (Lipinski definition) is 5. The van der Waals surface area contributed by atoms with E-state index in [1.165, 1.54) is 11.3 Å². The van der Waals surface area contributed by atoms with Crippen LogP contribution < -0.4 is 27.8 Å². The largest absolute Gasteiger partial charge is 0.398 e. The Hall–Kier alpha value is -2.78. The maximum atomic E-state index is 13.9. The van der Waals surface area contributed by atoms with Crippen LogP contribution >= 0.6 is 11.3 Å². The van der Waals surface area contributed by atoms with Gasteiger partial charge in [-0.05, 0) is 47.6 Å². The van der Waals surface area contributed by atoms with E-state index < -0.39 is 11.6 Å². The third-order valence-electron chi connectivity index (χ3n) is 7.34. The second-order valence-electron chi connectivity index (χ2n) is 10.7. The Morgan fingerprint density at radius 1 is 1.23 bits per heavy atom. The number of anilines is 1. The summed E-state index contributed by atoms with van der Waals surface area (Å²) < 4.78 is 0.745. The number of nitrogen functional groups attached to an aromatic ring is 1. The molecule has 3 unspecified atom stereocenters. The number of benzene rings is 2. The highest BCUT2D eigenvalue weighted by Gasteiger charge is 2.49. The first-order valence-corrected chi connectivity index (χ1v) is 12.9. The van der Waals surface area contributed by atoms with E-state index in [1.54, 1.807) is 6.07 Å². The number of thiophene rings is 1. The van der Waals surface area contributed by atoms with E-state index in [0.717, 1.165) is 41.6 Å². The van der Waals surface area contributed by atoms with Crippen molar-refractivity contribution in [1.82, 2.24) is 10.6 Å². The van der Waals surface area contributed by atoms with Crippen LogP contribution in [0.3, 0.4) is 0 Å². The van der Waals surface area contributed by atoms with Crippen molar-refractivity contribution in [3.05, 3.63) is 63.5 Å². The summed E-state index contributed by atoms with van der Waals surface area (Å²) in [6.45, 7) is 8.04. The molecule has 0 spiro atoms. The second-order valence-corrected chi connectivity index (χ2v) is 11.8. The van der Waals surface area contributed by atoms with Crippen LogP contribution in [0.2, 0.25) is 0 Å². The number of nitrogens with two attached hydrogens (primary N) is 3. The van der Waals surface area contributed by atoms with Gasteiger partial charge >= 0.3 is 0 Å². The minimum absolute atomic E-state index is 0.0368. The van der Waals surface area contributed by atoms with E-state index in [9.17, 15) is 9.59 Å². The van der Waals surface area contributed by atoms with Crippen LogP contribution in [0.1, 0.15) is 71.6 Å². The number of ketones is 1. The number of amides is 1. The van der Waals surface area contributed by atoms with Gasteiger partial charge in [-0.15, -0.1) is 11.3 Å². The first kappa shape index (κ1) is 23.9. The van der Waals surface area contributed by atoms with E-state index >= 15 is 0 Å². The van der Waals surface area contributed by atoms with Crippen molar-refractivity contribution in [2.75, 3.05) is 18.8 Å². The number of rotatable bonds is 3. The highest BCUT2D eigenvalue weighted by Crippen LogP contribution is 2.49. The van der Waals surface area contributed by atoms with Crippen molar-refractivity contribution >= 4 is 38.8 Å². The van der Waals surface area contributed by atoms with E-state index in [0.29, 0.717) is 27.3 Å². The van der Waals surface area contributed by atoms with E-state index in [2.05, 4.69) is 31.4 Å². The molecule has 1 fully saturated rings. The van der Waals surface area contributed by atoms with Crippen LogP contribution in [0.5, 0.6) is 0 Å². The zero-order chi connectivity index (χ0) is 25.1. The first-order valence-electron chi connectivity index (χ1n) is 12.1. The minimum atomic E-state index is -1.44. The number of carbonyl (C=O) groups excluding carboxylic acids is 2. The molecule has 8 heteroatoms. The Morgan fingerprint density at radius 2 is 2.00 bits per heavy atom. The number of piperidine rings is 1.